The van der Waals surface area contributed by atoms with Crippen molar-refractivity contribution in [2.24, 2.45) is 17.6 Å². The van der Waals surface area contributed by atoms with Gasteiger partial charge in [-0.1, -0.05) is 0 Å². The molecule has 22 heavy (non-hydrogen) atoms. The van der Waals surface area contributed by atoms with Crippen LogP contribution in [0.15, 0.2) is 36.8 Å². The molecular formula is C16H20N4O2. The summed E-state index contributed by atoms with van der Waals surface area (Å²) in [6, 6.07) is 5.49. The predicted octanol–water partition coefficient (Wildman–Crippen LogP) is 0.398. The van der Waals surface area contributed by atoms with Gasteiger partial charge in [0.05, 0.1) is 6.10 Å². The molecule has 0 radical (unpaired) electrons. The van der Waals surface area contributed by atoms with Crippen LogP contribution in [-0.2, 0) is 6.42 Å². The normalized spacial score (nSPS) is 28.0. The van der Waals surface area contributed by atoms with Gasteiger partial charge < -0.3 is 15.9 Å². The number of nitrogens with zero attached hydrogens (tertiary/aromatic N) is 3. The van der Waals surface area contributed by atoms with E-state index in [9.17, 15) is 10.2 Å². The van der Waals surface area contributed by atoms with Gasteiger partial charge in [0.2, 0.25) is 0 Å². The van der Waals surface area contributed by atoms with E-state index in [1.165, 1.54) is 0 Å². The van der Waals surface area contributed by atoms with E-state index in [1.54, 1.807) is 18.6 Å². The van der Waals surface area contributed by atoms with Crippen LogP contribution in [0.2, 0.25) is 0 Å². The van der Waals surface area contributed by atoms with Crippen LogP contribution >= 0.6 is 0 Å². The number of rotatable bonds is 4. The summed E-state index contributed by atoms with van der Waals surface area (Å²) in [5, 5.41) is 19.4. The lowest BCUT2D eigenvalue weighted by atomic mass is 9.89. The monoisotopic (exact) mass is 300 g/mol. The summed E-state index contributed by atoms with van der Waals surface area (Å²) in [4.78, 5) is 12.9. The van der Waals surface area contributed by atoms with Crippen LogP contribution in [0.3, 0.4) is 0 Å². The summed E-state index contributed by atoms with van der Waals surface area (Å²) in [6.45, 7) is -0.0555. The maximum absolute atomic E-state index is 9.96. The Morgan fingerprint density at radius 2 is 2.09 bits per heavy atom. The Kier molecular flexibility index (Phi) is 4.42. The Morgan fingerprint density at radius 3 is 2.82 bits per heavy atom. The minimum atomic E-state index is -0.537. The number of pyridine rings is 1. The van der Waals surface area contributed by atoms with Gasteiger partial charge in [0, 0.05) is 48.4 Å². The molecular weight excluding hydrogens is 280 g/mol. The van der Waals surface area contributed by atoms with Crippen molar-refractivity contribution in [1.82, 2.24) is 15.0 Å². The zero-order valence-corrected chi connectivity index (χ0v) is 12.2. The van der Waals surface area contributed by atoms with E-state index in [2.05, 4.69) is 15.0 Å². The molecule has 0 unspecified atom stereocenters. The third-order valence-electron chi connectivity index (χ3n) is 4.40. The fourth-order valence-electron chi connectivity index (χ4n) is 3.18. The maximum atomic E-state index is 9.96. The van der Waals surface area contributed by atoms with Crippen molar-refractivity contribution in [3.63, 3.8) is 0 Å². The highest BCUT2D eigenvalue weighted by molar-refractivity contribution is 5.52. The molecule has 6 heteroatoms. The molecule has 0 spiro atoms. The summed E-state index contributed by atoms with van der Waals surface area (Å²) in [5.41, 5.74) is 7.83. The second-order valence-electron chi connectivity index (χ2n) is 5.79. The van der Waals surface area contributed by atoms with Gasteiger partial charge in [0.1, 0.15) is 0 Å². The molecule has 6 nitrogen and oxygen atoms in total. The van der Waals surface area contributed by atoms with Gasteiger partial charge in [-0.05, 0) is 37.0 Å². The van der Waals surface area contributed by atoms with Crippen LogP contribution in [0.5, 0.6) is 0 Å². The Balaban J connectivity index is 1.81. The number of aliphatic hydroxyl groups excluding tert-OH is 2. The zero-order chi connectivity index (χ0) is 15.5. The van der Waals surface area contributed by atoms with Gasteiger partial charge in [-0.3, -0.25) is 4.98 Å². The molecule has 4 N–H and O–H groups in total. The van der Waals surface area contributed by atoms with Gasteiger partial charge in [-0.25, -0.2) is 9.97 Å². The third kappa shape index (κ3) is 2.99. The largest absolute Gasteiger partial charge is 0.396 e. The molecule has 116 valence electrons. The molecule has 0 saturated heterocycles. The topological polar surface area (TPSA) is 105 Å². The first-order chi connectivity index (χ1) is 10.7. The van der Waals surface area contributed by atoms with Crippen LogP contribution in [0.1, 0.15) is 12.1 Å². The Labute approximate surface area is 129 Å². The Morgan fingerprint density at radius 1 is 1.23 bits per heavy atom. The predicted molar refractivity (Wildman–Crippen MR) is 81.6 cm³/mol. The molecule has 1 aliphatic carbocycles. The highest BCUT2D eigenvalue weighted by Crippen LogP contribution is 2.33. The summed E-state index contributed by atoms with van der Waals surface area (Å²) < 4.78 is 0. The molecule has 2 aromatic rings. The van der Waals surface area contributed by atoms with Gasteiger partial charge >= 0.3 is 0 Å². The van der Waals surface area contributed by atoms with E-state index in [4.69, 9.17) is 5.73 Å². The van der Waals surface area contributed by atoms with Crippen molar-refractivity contribution >= 4 is 0 Å². The highest BCUT2D eigenvalue weighted by Gasteiger charge is 2.40. The molecule has 0 amide bonds. The van der Waals surface area contributed by atoms with Crippen molar-refractivity contribution in [2.45, 2.75) is 25.0 Å². The average molecular weight is 300 g/mol. The quantitative estimate of drug-likeness (QED) is 0.755. The van der Waals surface area contributed by atoms with Crippen molar-refractivity contribution in [3.8, 4) is 11.4 Å². The first-order valence-electron chi connectivity index (χ1n) is 7.46. The van der Waals surface area contributed by atoms with Crippen LogP contribution in [0.25, 0.3) is 11.4 Å². The summed E-state index contributed by atoms with van der Waals surface area (Å²) in [6.07, 6.45) is 5.76. The molecule has 3 rings (SSSR count). The maximum Gasteiger partial charge on any atom is 0.160 e. The first kappa shape index (κ1) is 15.0. The lowest BCUT2D eigenvalue weighted by molar-refractivity contribution is 0.0718. The van der Waals surface area contributed by atoms with E-state index in [0.717, 1.165) is 11.3 Å². The molecule has 1 fully saturated rings. The lowest BCUT2D eigenvalue weighted by Gasteiger charge is -2.21. The molecule has 2 aromatic heterocycles. The van der Waals surface area contributed by atoms with Crippen molar-refractivity contribution in [3.05, 3.63) is 42.5 Å². The second-order valence-corrected chi connectivity index (χ2v) is 5.79. The fraction of sp³-hybridized carbons (Fsp3) is 0.438. The number of hydrogen-bond donors (Lipinski definition) is 3. The second kappa shape index (κ2) is 6.48. The lowest BCUT2D eigenvalue weighted by Crippen LogP contribution is -2.31. The minimum Gasteiger partial charge on any atom is -0.396 e. The van der Waals surface area contributed by atoms with Gasteiger partial charge in [0.25, 0.3) is 0 Å². The molecule has 0 aromatic carbocycles. The van der Waals surface area contributed by atoms with Crippen molar-refractivity contribution in [1.29, 1.82) is 0 Å². The van der Waals surface area contributed by atoms with E-state index >= 15 is 0 Å². The van der Waals surface area contributed by atoms with E-state index < -0.39 is 6.10 Å². The number of nitrogens with two attached hydrogens (primary N) is 1. The Hall–Kier alpha value is -1.89. The van der Waals surface area contributed by atoms with Crippen molar-refractivity contribution in [2.75, 3.05) is 6.61 Å². The molecule has 1 aliphatic rings. The Bertz CT molecular complexity index is 623. The molecule has 2 heterocycles. The van der Waals surface area contributed by atoms with Gasteiger partial charge in [-0.2, -0.15) is 0 Å². The summed E-state index contributed by atoms with van der Waals surface area (Å²) in [7, 11) is 0. The minimum absolute atomic E-state index is 0.0247. The van der Waals surface area contributed by atoms with Crippen molar-refractivity contribution < 1.29 is 10.2 Å². The van der Waals surface area contributed by atoms with Crippen LogP contribution < -0.4 is 5.73 Å². The smallest absolute Gasteiger partial charge is 0.160 e. The van der Waals surface area contributed by atoms with Gasteiger partial charge in [0.15, 0.2) is 5.82 Å². The molecule has 0 aliphatic heterocycles. The zero-order valence-electron chi connectivity index (χ0n) is 12.2. The van der Waals surface area contributed by atoms with Crippen LogP contribution in [-0.4, -0.2) is 43.9 Å². The number of aliphatic hydroxyl groups is 2. The number of aromatic nitrogens is 3. The average Bonchev–Trinajstić information content (AvgIpc) is 2.82. The summed E-state index contributed by atoms with van der Waals surface area (Å²) >= 11 is 0. The third-order valence-corrected chi connectivity index (χ3v) is 4.40. The van der Waals surface area contributed by atoms with Crippen LogP contribution in [0, 0.1) is 11.8 Å². The fourth-order valence-corrected chi connectivity index (χ4v) is 3.18. The van der Waals surface area contributed by atoms with Crippen LogP contribution in [0.4, 0.5) is 0 Å². The van der Waals surface area contributed by atoms with E-state index in [0.29, 0.717) is 18.7 Å². The highest BCUT2D eigenvalue weighted by atomic mass is 16.3. The van der Waals surface area contributed by atoms with E-state index in [1.807, 2.05) is 18.2 Å². The van der Waals surface area contributed by atoms with E-state index in [-0.39, 0.29) is 24.5 Å². The molecule has 1 saturated carbocycles. The molecule has 0 bridgehead atoms. The standard InChI is InChI=1S/C16H20N4O2/c17-14-7-15(22)13(9-21)12(14)6-11-3-5-19-16(20-11)10-2-1-4-18-8-10/h1-5,8,12-15,21-22H,6-7,9,17H2/t12-,13-,14-,15-/m1/s1. The van der Waals surface area contributed by atoms with Gasteiger partial charge in [-0.15, -0.1) is 0 Å². The first-order valence-corrected chi connectivity index (χ1v) is 7.46. The number of hydrogen-bond acceptors (Lipinski definition) is 6. The summed E-state index contributed by atoms with van der Waals surface area (Å²) in [5.74, 6) is 0.460. The molecule has 4 atom stereocenters. The SMILES string of the molecule is N[C@@H]1C[C@@H](O)[C@H](CO)[C@H]1Cc1ccnc(-c2cccnc2)n1.